The molecule has 0 aromatic carbocycles. The molecule has 0 bridgehead atoms. The molecule has 9 atom stereocenters. The Balaban J connectivity index is 2.32. The van der Waals surface area contributed by atoms with Crippen molar-refractivity contribution in [1.82, 2.24) is 0 Å². The van der Waals surface area contributed by atoms with Crippen LogP contribution >= 0.6 is 0 Å². The Morgan fingerprint density at radius 1 is 0.585 bits per heavy atom. The number of esters is 6. The second-order valence-corrected chi connectivity index (χ2v) is 9.63. The summed E-state index contributed by atoms with van der Waals surface area (Å²) in [6, 6.07) is 0. The van der Waals surface area contributed by atoms with E-state index in [1.54, 1.807) is 0 Å². The SMILES string of the molecule is CO[C@H]1O[C@H](CC[C@H]2C[C@@H](OC(C)=O)[C@H](OC(C)=O)[C@@H](COC(C)=O)O2)[C@@H](OC(C)=O)[C@H](OC(C)=O)[C@H]1OC(C)=O. The monoisotopic (exact) mass is 590 g/mol. The van der Waals surface area contributed by atoms with E-state index in [9.17, 15) is 28.8 Å². The molecular weight excluding hydrogens is 552 g/mol. The first-order chi connectivity index (χ1) is 19.2. The van der Waals surface area contributed by atoms with Crippen LogP contribution in [0.5, 0.6) is 0 Å². The fraction of sp³-hybridized carbons (Fsp3) is 0.769. The molecule has 232 valence electrons. The summed E-state index contributed by atoms with van der Waals surface area (Å²) in [6.45, 7) is 6.78. The summed E-state index contributed by atoms with van der Waals surface area (Å²) in [5, 5.41) is 0. The zero-order chi connectivity index (χ0) is 30.9. The lowest BCUT2D eigenvalue weighted by atomic mass is 9.91. The van der Waals surface area contributed by atoms with E-state index >= 15 is 0 Å². The molecule has 0 aromatic heterocycles. The highest BCUT2D eigenvalue weighted by Gasteiger charge is 2.52. The van der Waals surface area contributed by atoms with Crippen LogP contribution in [0.1, 0.15) is 60.8 Å². The van der Waals surface area contributed by atoms with E-state index in [2.05, 4.69) is 0 Å². The van der Waals surface area contributed by atoms with Gasteiger partial charge >= 0.3 is 35.8 Å². The van der Waals surface area contributed by atoms with Gasteiger partial charge < -0.3 is 42.6 Å². The Labute approximate surface area is 237 Å². The molecule has 2 rings (SSSR count). The van der Waals surface area contributed by atoms with Gasteiger partial charge in [0.25, 0.3) is 0 Å². The van der Waals surface area contributed by atoms with Crippen molar-refractivity contribution in [3.63, 3.8) is 0 Å². The van der Waals surface area contributed by atoms with E-state index in [1.807, 2.05) is 0 Å². The maximum Gasteiger partial charge on any atom is 0.303 e. The number of carbonyl (C=O) groups excluding carboxylic acids is 6. The van der Waals surface area contributed by atoms with E-state index in [0.29, 0.717) is 0 Å². The molecule has 41 heavy (non-hydrogen) atoms. The molecule has 15 nitrogen and oxygen atoms in total. The number of methoxy groups -OCH3 is 1. The normalized spacial score (nSPS) is 31.2. The average molecular weight is 591 g/mol. The van der Waals surface area contributed by atoms with Crippen molar-refractivity contribution in [2.24, 2.45) is 0 Å². The highest BCUT2D eigenvalue weighted by atomic mass is 16.7. The molecule has 2 aliphatic rings. The molecule has 0 aromatic rings. The molecule has 0 unspecified atom stereocenters. The highest BCUT2D eigenvalue weighted by Crippen LogP contribution is 2.34. The fourth-order valence-corrected chi connectivity index (χ4v) is 4.83. The molecule has 15 heteroatoms. The Bertz CT molecular complexity index is 965. The van der Waals surface area contributed by atoms with Crippen molar-refractivity contribution < 1.29 is 71.4 Å². The van der Waals surface area contributed by atoms with Crippen molar-refractivity contribution in [2.75, 3.05) is 13.7 Å². The third-order valence-electron chi connectivity index (χ3n) is 6.17. The first-order valence-electron chi connectivity index (χ1n) is 13.0. The smallest absolute Gasteiger partial charge is 0.303 e. The topological polar surface area (TPSA) is 185 Å². The van der Waals surface area contributed by atoms with Crippen molar-refractivity contribution in [1.29, 1.82) is 0 Å². The minimum absolute atomic E-state index is 0.107. The highest BCUT2D eigenvalue weighted by molar-refractivity contribution is 5.69. The second-order valence-electron chi connectivity index (χ2n) is 9.63. The van der Waals surface area contributed by atoms with Crippen LogP contribution in [0.3, 0.4) is 0 Å². The van der Waals surface area contributed by atoms with E-state index in [0.717, 1.165) is 20.8 Å². The predicted octanol–water partition coefficient (Wildman–Crippen LogP) is 0.517. The summed E-state index contributed by atoms with van der Waals surface area (Å²) in [5.74, 6) is -3.98. The molecule has 2 fully saturated rings. The van der Waals surface area contributed by atoms with Crippen LogP contribution in [-0.2, 0) is 71.4 Å². The van der Waals surface area contributed by atoms with E-state index in [1.165, 1.54) is 27.9 Å². The Morgan fingerprint density at radius 2 is 1.10 bits per heavy atom. The van der Waals surface area contributed by atoms with E-state index < -0.39 is 90.9 Å². The zero-order valence-electron chi connectivity index (χ0n) is 24.1. The van der Waals surface area contributed by atoms with Gasteiger partial charge in [0.05, 0.1) is 6.10 Å². The van der Waals surface area contributed by atoms with Gasteiger partial charge in [0.15, 0.2) is 30.7 Å². The number of hydrogen-bond acceptors (Lipinski definition) is 15. The summed E-state index contributed by atoms with van der Waals surface area (Å²) in [5.41, 5.74) is 0. The molecule has 0 N–H and O–H groups in total. The first-order valence-corrected chi connectivity index (χ1v) is 13.0. The zero-order valence-corrected chi connectivity index (χ0v) is 24.1. The van der Waals surface area contributed by atoms with Gasteiger partial charge in [-0.2, -0.15) is 0 Å². The molecule has 2 saturated heterocycles. The maximum absolute atomic E-state index is 12.0. The predicted molar refractivity (Wildman–Crippen MR) is 133 cm³/mol. The van der Waals surface area contributed by atoms with Crippen LogP contribution in [0.4, 0.5) is 0 Å². The molecule has 0 saturated carbocycles. The van der Waals surface area contributed by atoms with Gasteiger partial charge in [0, 0.05) is 55.1 Å². The minimum atomic E-state index is -1.25. The van der Waals surface area contributed by atoms with Gasteiger partial charge in [0.1, 0.15) is 24.9 Å². The molecule has 0 spiro atoms. The fourth-order valence-electron chi connectivity index (χ4n) is 4.83. The molecule has 0 aliphatic carbocycles. The van der Waals surface area contributed by atoms with Gasteiger partial charge in [-0.3, -0.25) is 28.8 Å². The van der Waals surface area contributed by atoms with Crippen LogP contribution in [-0.4, -0.2) is 105 Å². The van der Waals surface area contributed by atoms with Crippen LogP contribution < -0.4 is 0 Å². The Kier molecular flexibility index (Phi) is 12.9. The average Bonchev–Trinajstić information content (AvgIpc) is 2.84. The lowest BCUT2D eigenvalue weighted by Gasteiger charge is -2.45. The minimum Gasteiger partial charge on any atom is -0.463 e. The standard InChI is InChI=1S/C26H38O15/c1-12(27)34-11-21-22(36-14(3)29)20(35-13(2)28)10-18(40-21)8-9-19-23(37-15(4)30)24(38-16(5)31)25(39-17(6)32)26(33-7)41-19/h18-26H,8-11H2,1-7H3/t18-,19+,20+,21+,22-,23+,24-,25+,26-/m0/s1. The van der Waals surface area contributed by atoms with Crippen LogP contribution in [0, 0.1) is 0 Å². The van der Waals surface area contributed by atoms with E-state index in [4.69, 9.17) is 42.6 Å². The van der Waals surface area contributed by atoms with Gasteiger partial charge in [0.2, 0.25) is 0 Å². The maximum atomic E-state index is 12.0. The van der Waals surface area contributed by atoms with Crippen molar-refractivity contribution in [3.8, 4) is 0 Å². The van der Waals surface area contributed by atoms with Crippen LogP contribution in [0.2, 0.25) is 0 Å². The van der Waals surface area contributed by atoms with Crippen molar-refractivity contribution >= 4 is 35.8 Å². The lowest BCUT2D eigenvalue weighted by Crippen LogP contribution is -2.61. The first kappa shape index (κ1) is 33.9. The Morgan fingerprint density at radius 3 is 1.61 bits per heavy atom. The second kappa shape index (κ2) is 15.6. The van der Waals surface area contributed by atoms with Crippen LogP contribution in [0.15, 0.2) is 0 Å². The van der Waals surface area contributed by atoms with Crippen molar-refractivity contribution in [2.45, 2.75) is 116 Å². The molecular formula is C26H38O15. The van der Waals surface area contributed by atoms with Crippen molar-refractivity contribution in [3.05, 3.63) is 0 Å². The quantitative estimate of drug-likeness (QED) is 0.239. The Hall–Kier alpha value is -3.30. The van der Waals surface area contributed by atoms with E-state index in [-0.39, 0.29) is 25.9 Å². The van der Waals surface area contributed by atoms with Crippen LogP contribution in [0.25, 0.3) is 0 Å². The van der Waals surface area contributed by atoms with Gasteiger partial charge in [-0.25, -0.2) is 0 Å². The van der Waals surface area contributed by atoms with Gasteiger partial charge in [-0.05, 0) is 12.8 Å². The molecule has 2 heterocycles. The molecule has 0 amide bonds. The largest absolute Gasteiger partial charge is 0.463 e. The summed E-state index contributed by atoms with van der Waals surface area (Å²) in [7, 11) is 1.30. The third-order valence-corrected chi connectivity index (χ3v) is 6.17. The molecule has 2 aliphatic heterocycles. The summed E-state index contributed by atoms with van der Waals surface area (Å²) < 4.78 is 49.5. The summed E-state index contributed by atoms with van der Waals surface area (Å²) >= 11 is 0. The summed E-state index contributed by atoms with van der Waals surface area (Å²) in [4.78, 5) is 70.8. The third kappa shape index (κ3) is 10.6. The lowest BCUT2D eigenvalue weighted by molar-refractivity contribution is -0.300. The number of rotatable bonds is 11. The van der Waals surface area contributed by atoms with Gasteiger partial charge in [-0.1, -0.05) is 0 Å². The van der Waals surface area contributed by atoms with Gasteiger partial charge in [-0.15, -0.1) is 0 Å². The summed E-state index contributed by atoms with van der Waals surface area (Å²) in [6.07, 6.45) is -8.87. The number of ether oxygens (including phenoxy) is 9. The number of hydrogen-bond donors (Lipinski definition) is 0. The molecule has 0 radical (unpaired) electrons. The number of carbonyl (C=O) groups is 6.